The number of carbonyl (C=O) groups is 2. The first-order valence-electron chi connectivity index (χ1n) is 8.08. The van der Waals surface area contributed by atoms with Crippen molar-refractivity contribution < 1.29 is 19.1 Å². The normalized spacial score (nSPS) is 16.5. The van der Waals surface area contributed by atoms with Crippen LogP contribution in [0.4, 0.5) is 0 Å². The molecule has 0 amide bonds. The van der Waals surface area contributed by atoms with E-state index in [1.165, 1.54) is 7.11 Å². The highest BCUT2D eigenvalue weighted by molar-refractivity contribution is 6.42. The summed E-state index contributed by atoms with van der Waals surface area (Å²) in [4.78, 5) is 25.2. The lowest BCUT2D eigenvalue weighted by Gasteiger charge is -2.30. The molecule has 1 aliphatic rings. The van der Waals surface area contributed by atoms with Crippen LogP contribution in [0.5, 0.6) is 0 Å². The first-order valence-corrected chi connectivity index (χ1v) is 8.83. The van der Waals surface area contributed by atoms with Crippen LogP contribution in [0.25, 0.3) is 0 Å². The average Bonchev–Trinajstić information content (AvgIpc) is 2.63. The minimum atomic E-state index is -0.820. The van der Waals surface area contributed by atoms with Crippen molar-refractivity contribution >= 4 is 35.1 Å². The fourth-order valence-corrected chi connectivity index (χ4v) is 3.38. The Morgan fingerprint density at radius 2 is 1.81 bits per heavy atom. The van der Waals surface area contributed by atoms with Gasteiger partial charge in [-0.25, -0.2) is 9.59 Å². The molecule has 0 saturated carbocycles. The molecule has 0 aliphatic carbocycles. The van der Waals surface area contributed by atoms with Crippen molar-refractivity contribution in [3.8, 4) is 6.07 Å². The van der Waals surface area contributed by atoms with Crippen LogP contribution in [0, 0.1) is 11.3 Å². The molecule has 0 fully saturated rings. The van der Waals surface area contributed by atoms with Crippen molar-refractivity contribution in [2.75, 3.05) is 13.7 Å². The maximum Gasteiger partial charge on any atom is 0.336 e. The van der Waals surface area contributed by atoms with Crippen LogP contribution >= 0.6 is 23.2 Å². The fourth-order valence-electron chi connectivity index (χ4n) is 2.97. The van der Waals surface area contributed by atoms with Crippen molar-refractivity contribution in [3.05, 3.63) is 56.3 Å². The summed E-state index contributed by atoms with van der Waals surface area (Å²) in [5, 5.41) is 12.2. The van der Waals surface area contributed by atoms with E-state index in [2.05, 4.69) is 5.32 Å². The second-order valence-electron chi connectivity index (χ2n) is 5.81. The van der Waals surface area contributed by atoms with E-state index in [4.69, 9.17) is 37.9 Å². The first-order chi connectivity index (χ1) is 12.8. The second kappa shape index (κ2) is 8.94. The van der Waals surface area contributed by atoms with Gasteiger partial charge in [-0.15, -0.1) is 0 Å². The molecule has 2 rings (SSSR count). The van der Waals surface area contributed by atoms with Gasteiger partial charge in [-0.3, -0.25) is 0 Å². The molecule has 0 aromatic heterocycles. The zero-order valence-corrected chi connectivity index (χ0v) is 16.6. The van der Waals surface area contributed by atoms with E-state index >= 15 is 0 Å². The zero-order chi connectivity index (χ0) is 20.1. The van der Waals surface area contributed by atoms with Crippen LogP contribution in [-0.2, 0) is 19.1 Å². The maximum absolute atomic E-state index is 12.7. The number of ether oxygens (including phenoxy) is 2. The number of hydrogen-bond donors (Lipinski definition) is 1. The van der Waals surface area contributed by atoms with Gasteiger partial charge in [-0.05, 0) is 25.5 Å². The summed E-state index contributed by atoms with van der Waals surface area (Å²) in [6.45, 7) is 3.35. The summed E-state index contributed by atoms with van der Waals surface area (Å²) in [6, 6.07) is 6.90. The van der Waals surface area contributed by atoms with E-state index in [0.717, 1.165) is 0 Å². The number of methoxy groups -OCH3 is 1. The standard InChI is InChI=1S/C19H18Cl2N2O4/c1-10-14(18(24)26-3)16(12-6-4-7-13(20)17(12)21)15(11(2)23-10)19(25)27-9-5-8-22/h4,6-7,16,23H,5,9H2,1-3H3. The van der Waals surface area contributed by atoms with Gasteiger partial charge in [0.25, 0.3) is 0 Å². The number of dihydropyridines is 1. The van der Waals surface area contributed by atoms with Crippen LogP contribution in [-0.4, -0.2) is 25.7 Å². The summed E-state index contributed by atoms with van der Waals surface area (Å²) in [6.07, 6.45) is 0.0623. The highest BCUT2D eigenvalue weighted by Gasteiger charge is 2.39. The Kier molecular flexibility index (Phi) is 6.89. The minimum Gasteiger partial charge on any atom is -0.466 e. The second-order valence-corrected chi connectivity index (χ2v) is 6.60. The van der Waals surface area contributed by atoms with Crippen molar-refractivity contribution in [1.29, 1.82) is 5.26 Å². The Balaban J connectivity index is 2.64. The van der Waals surface area contributed by atoms with Gasteiger partial charge < -0.3 is 14.8 Å². The number of esters is 2. The molecule has 142 valence electrons. The van der Waals surface area contributed by atoms with E-state index in [0.29, 0.717) is 22.0 Å². The molecule has 6 nitrogen and oxygen atoms in total. The molecule has 8 heteroatoms. The van der Waals surface area contributed by atoms with Crippen molar-refractivity contribution in [2.24, 2.45) is 0 Å². The smallest absolute Gasteiger partial charge is 0.336 e. The van der Waals surface area contributed by atoms with Gasteiger partial charge >= 0.3 is 11.9 Å². The van der Waals surface area contributed by atoms with Crippen LogP contribution in [0.3, 0.4) is 0 Å². The van der Waals surface area contributed by atoms with Gasteiger partial charge in [0.1, 0.15) is 6.61 Å². The van der Waals surface area contributed by atoms with Gasteiger partial charge in [0, 0.05) is 11.4 Å². The van der Waals surface area contributed by atoms with E-state index in [1.54, 1.807) is 32.0 Å². The van der Waals surface area contributed by atoms with Gasteiger partial charge in [0.05, 0.1) is 46.7 Å². The van der Waals surface area contributed by atoms with Gasteiger partial charge in [-0.2, -0.15) is 5.26 Å². The Morgan fingerprint density at radius 3 is 2.41 bits per heavy atom. The summed E-state index contributed by atoms with van der Waals surface area (Å²) in [7, 11) is 1.26. The predicted octanol–water partition coefficient (Wildman–Crippen LogP) is 3.86. The van der Waals surface area contributed by atoms with Crippen molar-refractivity contribution in [1.82, 2.24) is 5.32 Å². The monoisotopic (exact) mass is 408 g/mol. The molecular formula is C19H18Cl2N2O4. The zero-order valence-electron chi connectivity index (χ0n) is 15.1. The molecular weight excluding hydrogens is 391 g/mol. The van der Waals surface area contributed by atoms with Crippen LogP contribution in [0.15, 0.2) is 40.7 Å². The minimum absolute atomic E-state index is 0.0572. The Labute approximate surface area is 167 Å². The van der Waals surface area contributed by atoms with Gasteiger partial charge in [0.2, 0.25) is 0 Å². The lowest BCUT2D eigenvalue weighted by Crippen LogP contribution is -2.32. The molecule has 0 saturated heterocycles. The lowest BCUT2D eigenvalue weighted by atomic mass is 9.80. The first kappa shape index (κ1) is 20.8. The van der Waals surface area contributed by atoms with Crippen molar-refractivity contribution in [3.63, 3.8) is 0 Å². The maximum atomic E-state index is 12.7. The van der Waals surface area contributed by atoms with Crippen LogP contribution < -0.4 is 5.32 Å². The summed E-state index contributed by atoms with van der Waals surface area (Å²) in [5.74, 6) is -2.07. The highest BCUT2D eigenvalue weighted by atomic mass is 35.5. The highest BCUT2D eigenvalue weighted by Crippen LogP contribution is 2.43. The number of nitrogens with one attached hydrogen (secondary N) is 1. The number of allylic oxidation sites excluding steroid dienone is 2. The largest absolute Gasteiger partial charge is 0.466 e. The van der Waals surface area contributed by atoms with Gasteiger partial charge in [0.15, 0.2) is 0 Å². The van der Waals surface area contributed by atoms with Crippen LogP contribution in [0.2, 0.25) is 10.0 Å². The predicted molar refractivity (Wildman–Crippen MR) is 101 cm³/mol. The van der Waals surface area contributed by atoms with Gasteiger partial charge in [-0.1, -0.05) is 35.3 Å². The third kappa shape index (κ3) is 4.26. The molecule has 1 aromatic carbocycles. The number of carbonyl (C=O) groups excluding carboxylic acids is 2. The lowest BCUT2D eigenvalue weighted by molar-refractivity contribution is -0.139. The topological polar surface area (TPSA) is 88.4 Å². The number of nitrogens with zero attached hydrogens (tertiary/aromatic N) is 1. The molecule has 0 bridgehead atoms. The number of nitriles is 1. The third-order valence-corrected chi connectivity index (χ3v) is 4.96. The number of rotatable bonds is 5. The van der Waals surface area contributed by atoms with Crippen LogP contribution in [0.1, 0.15) is 31.7 Å². The summed E-state index contributed by atoms with van der Waals surface area (Å²) in [5.41, 5.74) is 1.98. The molecule has 1 heterocycles. The third-order valence-electron chi connectivity index (χ3n) is 4.13. The number of benzene rings is 1. The van der Waals surface area contributed by atoms with E-state index < -0.39 is 17.9 Å². The van der Waals surface area contributed by atoms with E-state index in [-0.39, 0.29) is 29.2 Å². The molecule has 0 spiro atoms. The molecule has 27 heavy (non-hydrogen) atoms. The molecule has 1 N–H and O–H groups in total. The van der Waals surface area contributed by atoms with E-state index in [1.807, 2.05) is 6.07 Å². The SMILES string of the molecule is COC(=O)C1=C(C)NC(C)=C(C(=O)OCCC#N)C1c1cccc(Cl)c1Cl. The van der Waals surface area contributed by atoms with Crippen molar-refractivity contribution in [2.45, 2.75) is 26.2 Å². The number of hydrogen-bond acceptors (Lipinski definition) is 6. The Bertz CT molecular complexity index is 884. The number of halogens is 2. The summed E-state index contributed by atoms with van der Waals surface area (Å²) < 4.78 is 10.1. The fraction of sp³-hybridized carbons (Fsp3) is 0.316. The Hall–Kier alpha value is -2.49. The molecule has 1 atom stereocenters. The Morgan fingerprint density at radius 1 is 1.19 bits per heavy atom. The molecule has 1 aliphatic heterocycles. The molecule has 1 unspecified atom stereocenters. The van der Waals surface area contributed by atoms with E-state index in [9.17, 15) is 9.59 Å². The quantitative estimate of drug-likeness (QED) is 0.587. The molecule has 0 radical (unpaired) electrons. The summed E-state index contributed by atoms with van der Waals surface area (Å²) >= 11 is 12.5. The molecule has 1 aromatic rings. The average molecular weight is 409 g/mol.